The third-order valence-corrected chi connectivity index (χ3v) is 5.97. The number of rotatable bonds is 6. The van der Waals surface area contributed by atoms with E-state index in [0.29, 0.717) is 27.9 Å². The van der Waals surface area contributed by atoms with Crippen molar-refractivity contribution < 1.29 is 19.4 Å². The molecule has 1 aliphatic rings. The third-order valence-electron chi connectivity index (χ3n) is 4.33. The van der Waals surface area contributed by atoms with Gasteiger partial charge in [0, 0.05) is 11.6 Å². The van der Waals surface area contributed by atoms with Gasteiger partial charge in [0.05, 0.1) is 23.1 Å². The van der Waals surface area contributed by atoms with E-state index in [9.17, 15) is 14.7 Å². The monoisotopic (exact) mass is 412 g/mol. The zero-order chi connectivity index (χ0) is 19.7. The molecule has 0 fully saturated rings. The van der Waals surface area contributed by atoms with E-state index in [1.165, 1.54) is 27.6 Å². The number of amides is 1. The van der Waals surface area contributed by atoms with Gasteiger partial charge in [0.15, 0.2) is 10.9 Å². The normalized spacial score (nSPS) is 16.7. The second-order valence-electron chi connectivity index (χ2n) is 5.96. The summed E-state index contributed by atoms with van der Waals surface area (Å²) in [4.78, 5) is 32.0. The molecular weight excluding hydrogens is 396 g/mol. The molecule has 142 valence electrons. The molecule has 0 saturated carbocycles. The molecule has 1 atom stereocenters. The number of benzene rings is 1. The average Bonchev–Trinajstić information content (AvgIpc) is 3.45. The van der Waals surface area contributed by atoms with Crippen molar-refractivity contribution in [3.8, 4) is 5.75 Å². The number of aromatic nitrogens is 1. The fourth-order valence-corrected chi connectivity index (χ4v) is 4.48. The minimum Gasteiger partial charge on any atom is -0.503 e. The van der Waals surface area contributed by atoms with E-state index in [2.05, 4.69) is 4.98 Å². The first-order chi connectivity index (χ1) is 13.6. The second kappa shape index (κ2) is 7.57. The van der Waals surface area contributed by atoms with Crippen LogP contribution in [0.15, 0.2) is 64.7 Å². The van der Waals surface area contributed by atoms with Crippen molar-refractivity contribution in [1.29, 1.82) is 0 Å². The lowest BCUT2D eigenvalue weighted by Crippen LogP contribution is -2.30. The van der Waals surface area contributed by atoms with Crippen molar-refractivity contribution in [1.82, 2.24) is 4.98 Å². The van der Waals surface area contributed by atoms with Crippen LogP contribution in [0, 0.1) is 0 Å². The van der Waals surface area contributed by atoms with E-state index in [-0.39, 0.29) is 11.4 Å². The minimum atomic E-state index is -0.760. The van der Waals surface area contributed by atoms with Crippen LogP contribution in [-0.2, 0) is 4.79 Å². The summed E-state index contributed by atoms with van der Waals surface area (Å²) in [5, 5.41) is 14.5. The van der Waals surface area contributed by atoms with Gasteiger partial charge in [-0.3, -0.25) is 14.5 Å². The Balaban J connectivity index is 1.82. The zero-order valence-corrected chi connectivity index (χ0v) is 16.5. The number of aliphatic hydroxyl groups is 1. The lowest BCUT2D eigenvalue weighted by molar-refractivity contribution is -0.117. The molecule has 1 aliphatic heterocycles. The molecule has 4 rings (SSSR count). The molecule has 1 aromatic carbocycles. The fraction of sp³-hybridized carbons (Fsp3) is 0.150. The Morgan fingerprint density at radius 3 is 2.61 bits per heavy atom. The van der Waals surface area contributed by atoms with Gasteiger partial charge >= 0.3 is 0 Å². The lowest BCUT2D eigenvalue weighted by atomic mass is 9.95. The second-order valence-corrected chi connectivity index (χ2v) is 7.78. The summed E-state index contributed by atoms with van der Waals surface area (Å²) in [7, 11) is 0. The summed E-state index contributed by atoms with van der Waals surface area (Å²) >= 11 is 2.54. The number of ether oxygens (including phenoxy) is 1. The Morgan fingerprint density at radius 1 is 1.21 bits per heavy atom. The quantitative estimate of drug-likeness (QED) is 0.608. The summed E-state index contributed by atoms with van der Waals surface area (Å²) in [6.07, 6.45) is 1.58. The van der Waals surface area contributed by atoms with E-state index >= 15 is 0 Å². The molecule has 0 bridgehead atoms. The van der Waals surface area contributed by atoms with Crippen LogP contribution in [-0.4, -0.2) is 28.4 Å². The van der Waals surface area contributed by atoms with E-state index in [4.69, 9.17) is 4.74 Å². The predicted octanol–water partition coefficient (Wildman–Crippen LogP) is 4.39. The van der Waals surface area contributed by atoms with Gasteiger partial charge in [-0.05, 0) is 36.1 Å². The third kappa shape index (κ3) is 3.10. The van der Waals surface area contributed by atoms with E-state index in [1.807, 2.05) is 6.92 Å². The molecule has 0 saturated heterocycles. The smallest absolute Gasteiger partial charge is 0.296 e. The summed E-state index contributed by atoms with van der Waals surface area (Å²) in [5.74, 6) is -0.837. The molecule has 2 aromatic heterocycles. The van der Waals surface area contributed by atoms with Crippen LogP contribution in [0.5, 0.6) is 5.75 Å². The van der Waals surface area contributed by atoms with Gasteiger partial charge in [0.1, 0.15) is 5.75 Å². The number of ketones is 1. The first-order valence-electron chi connectivity index (χ1n) is 8.59. The number of hydrogen-bond acceptors (Lipinski definition) is 7. The number of carbonyl (C=O) groups excluding carboxylic acids is 2. The largest absolute Gasteiger partial charge is 0.503 e. The Kier molecular flexibility index (Phi) is 4.97. The van der Waals surface area contributed by atoms with Crippen LogP contribution in [0.25, 0.3) is 0 Å². The summed E-state index contributed by atoms with van der Waals surface area (Å²) in [6.45, 7) is 2.43. The van der Waals surface area contributed by atoms with Gasteiger partial charge in [-0.2, -0.15) is 0 Å². The maximum absolute atomic E-state index is 13.1. The minimum absolute atomic E-state index is 0.0619. The maximum atomic E-state index is 13.1. The highest BCUT2D eigenvalue weighted by atomic mass is 32.1. The Morgan fingerprint density at radius 2 is 2.00 bits per heavy atom. The molecule has 3 heterocycles. The van der Waals surface area contributed by atoms with Crippen LogP contribution in [0.1, 0.15) is 28.2 Å². The number of carbonyl (C=O) groups is 2. The topological polar surface area (TPSA) is 79.7 Å². The van der Waals surface area contributed by atoms with Gasteiger partial charge in [-0.25, -0.2) is 4.98 Å². The molecule has 0 unspecified atom stereocenters. The molecule has 0 aliphatic carbocycles. The van der Waals surface area contributed by atoms with Crippen molar-refractivity contribution in [2.24, 2.45) is 0 Å². The van der Waals surface area contributed by atoms with Crippen molar-refractivity contribution in [3.63, 3.8) is 0 Å². The van der Waals surface area contributed by atoms with Gasteiger partial charge in [-0.15, -0.1) is 22.7 Å². The Hall–Kier alpha value is -2.97. The van der Waals surface area contributed by atoms with Gasteiger partial charge < -0.3 is 9.84 Å². The molecule has 1 N–H and O–H groups in total. The SMILES string of the molecule is CCOc1ccc([C@@H]2C(C(=O)c3cccs3)=C(O)C(=O)N2c2nccs2)cc1. The van der Waals surface area contributed by atoms with Gasteiger partial charge in [0.25, 0.3) is 5.91 Å². The highest BCUT2D eigenvalue weighted by Crippen LogP contribution is 2.43. The number of thiazole rings is 1. The van der Waals surface area contributed by atoms with Crippen LogP contribution in [0.4, 0.5) is 5.13 Å². The number of aliphatic hydroxyl groups excluding tert-OH is 1. The molecule has 6 nitrogen and oxygen atoms in total. The average molecular weight is 412 g/mol. The molecule has 28 heavy (non-hydrogen) atoms. The number of nitrogens with zero attached hydrogens (tertiary/aromatic N) is 2. The lowest BCUT2D eigenvalue weighted by Gasteiger charge is -2.24. The molecule has 8 heteroatoms. The molecule has 1 amide bonds. The summed E-state index contributed by atoms with van der Waals surface area (Å²) in [6, 6.07) is 9.84. The Bertz CT molecular complexity index is 1020. The highest BCUT2D eigenvalue weighted by molar-refractivity contribution is 7.14. The van der Waals surface area contributed by atoms with Crippen molar-refractivity contribution >= 4 is 39.5 Å². The summed E-state index contributed by atoms with van der Waals surface area (Å²) in [5.41, 5.74) is 0.753. The predicted molar refractivity (Wildman–Crippen MR) is 108 cm³/mol. The fourth-order valence-electron chi connectivity index (χ4n) is 3.14. The molecule has 3 aromatic rings. The van der Waals surface area contributed by atoms with Crippen molar-refractivity contribution in [2.75, 3.05) is 11.5 Å². The molecular formula is C20H16N2O4S2. The first kappa shape index (κ1) is 18.4. The summed E-state index contributed by atoms with van der Waals surface area (Å²) < 4.78 is 5.48. The van der Waals surface area contributed by atoms with Crippen LogP contribution >= 0.6 is 22.7 Å². The van der Waals surface area contributed by atoms with E-state index in [0.717, 1.165) is 0 Å². The molecule has 0 spiro atoms. The number of anilines is 1. The Labute approximate surface area is 169 Å². The standard InChI is InChI=1S/C20H16N2O4S2/c1-2-26-13-7-5-12(6-8-13)16-15(17(23)14-4-3-10-27-14)18(24)19(25)22(16)20-21-9-11-28-20/h3-11,16,24H,2H2,1H3/t16-/m1/s1. The van der Waals surface area contributed by atoms with Crippen LogP contribution in [0.2, 0.25) is 0 Å². The van der Waals surface area contributed by atoms with Crippen LogP contribution < -0.4 is 9.64 Å². The van der Waals surface area contributed by atoms with Gasteiger partial charge in [-0.1, -0.05) is 18.2 Å². The maximum Gasteiger partial charge on any atom is 0.296 e. The number of hydrogen-bond donors (Lipinski definition) is 1. The van der Waals surface area contributed by atoms with Gasteiger partial charge in [0.2, 0.25) is 5.78 Å². The van der Waals surface area contributed by atoms with Crippen LogP contribution in [0.3, 0.4) is 0 Å². The zero-order valence-electron chi connectivity index (χ0n) is 14.9. The number of thiophene rings is 1. The molecule has 0 radical (unpaired) electrons. The highest BCUT2D eigenvalue weighted by Gasteiger charge is 2.45. The van der Waals surface area contributed by atoms with E-state index < -0.39 is 17.7 Å². The van der Waals surface area contributed by atoms with E-state index in [1.54, 1.807) is 53.4 Å². The van der Waals surface area contributed by atoms with Crippen molar-refractivity contribution in [3.05, 3.63) is 75.1 Å². The van der Waals surface area contributed by atoms with Crippen molar-refractivity contribution in [2.45, 2.75) is 13.0 Å². The number of Topliss-reactive ketones (excluding diaryl/α,β-unsaturated/α-hetero) is 1. The first-order valence-corrected chi connectivity index (χ1v) is 10.3.